The van der Waals surface area contributed by atoms with Gasteiger partial charge in [-0.15, -0.1) is 0 Å². The summed E-state index contributed by atoms with van der Waals surface area (Å²) in [5.74, 6) is 1.10. The lowest BCUT2D eigenvalue weighted by molar-refractivity contribution is -0.132. The fourth-order valence-corrected chi connectivity index (χ4v) is 2.07. The highest BCUT2D eigenvalue weighted by atomic mass is 16.5. The average Bonchev–Trinajstić information content (AvgIpc) is 2.59. The van der Waals surface area contributed by atoms with E-state index in [0.717, 1.165) is 17.6 Å². The van der Waals surface area contributed by atoms with E-state index in [9.17, 15) is 9.59 Å². The Hall–Kier alpha value is -2.82. The number of likely N-dealkylation sites (N-methyl/N-ethyl adjacent to an activating group) is 1. The molecule has 2 rings (SSSR count). The van der Waals surface area contributed by atoms with Crippen molar-refractivity contribution in [1.29, 1.82) is 0 Å². The number of amides is 1. The van der Waals surface area contributed by atoms with Crippen LogP contribution in [0.2, 0.25) is 0 Å². The number of hydrogen-bond acceptors (Lipinski definition) is 4. The predicted molar refractivity (Wildman–Crippen MR) is 86.8 cm³/mol. The molecule has 0 saturated heterocycles. The number of methoxy groups -OCH3 is 1. The number of ether oxygens (including phenoxy) is 2. The van der Waals surface area contributed by atoms with E-state index < -0.39 is 0 Å². The van der Waals surface area contributed by atoms with Crippen LogP contribution in [-0.2, 0) is 11.3 Å². The Morgan fingerprint density at radius 2 is 1.87 bits per heavy atom. The first-order valence-electron chi connectivity index (χ1n) is 7.17. The molecule has 0 fully saturated rings. The highest BCUT2D eigenvalue weighted by molar-refractivity contribution is 5.78. The van der Waals surface area contributed by atoms with Gasteiger partial charge in [0.15, 0.2) is 6.61 Å². The molecule has 0 bridgehead atoms. The van der Waals surface area contributed by atoms with E-state index in [1.54, 1.807) is 43.3 Å². The van der Waals surface area contributed by atoms with Gasteiger partial charge in [-0.25, -0.2) is 0 Å². The summed E-state index contributed by atoms with van der Waals surface area (Å²) in [5.41, 5.74) is 1.49. The molecule has 1 amide bonds. The minimum atomic E-state index is -0.149. The molecule has 5 heteroatoms. The summed E-state index contributed by atoms with van der Waals surface area (Å²) in [6.07, 6.45) is 0.740. The van der Waals surface area contributed by atoms with E-state index in [0.29, 0.717) is 17.9 Å². The minimum absolute atomic E-state index is 0.0806. The Morgan fingerprint density at radius 1 is 1.13 bits per heavy atom. The Labute approximate surface area is 135 Å². The maximum Gasteiger partial charge on any atom is 0.260 e. The molecule has 2 aromatic rings. The van der Waals surface area contributed by atoms with Gasteiger partial charge in [0, 0.05) is 19.2 Å². The van der Waals surface area contributed by atoms with Crippen molar-refractivity contribution in [2.24, 2.45) is 0 Å². The highest BCUT2D eigenvalue weighted by Crippen LogP contribution is 2.15. The maximum absolute atomic E-state index is 12.1. The van der Waals surface area contributed by atoms with Crippen molar-refractivity contribution in [3.63, 3.8) is 0 Å². The third-order valence-corrected chi connectivity index (χ3v) is 3.34. The fourth-order valence-electron chi connectivity index (χ4n) is 2.07. The number of carbonyl (C=O) groups is 2. The molecule has 0 aromatic heterocycles. The quantitative estimate of drug-likeness (QED) is 0.737. The summed E-state index contributed by atoms with van der Waals surface area (Å²) in [4.78, 5) is 24.4. The molecule has 120 valence electrons. The summed E-state index contributed by atoms with van der Waals surface area (Å²) in [7, 11) is 3.32. The second-order valence-electron chi connectivity index (χ2n) is 5.08. The van der Waals surface area contributed by atoms with Crippen LogP contribution in [0.1, 0.15) is 15.9 Å². The van der Waals surface area contributed by atoms with Gasteiger partial charge in [0.1, 0.15) is 17.8 Å². The second-order valence-corrected chi connectivity index (χ2v) is 5.08. The zero-order valence-electron chi connectivity index (χ0n) is 13.2. The average molecular weight is 313 g/mol. The zero-order chi connectivity index (χ0) is 16.7. The van der Waals surface area contributed by atoms with Gasteiger partial charge in [-0.3, -0.25) is 9.59 Å². The molecule has 2 aromatic carbocycles. The van der Waals surface area contributed by atoms with Crippen LogP contribution < -0.4 is 9.47 Å². The monoisotopic (exact) mass is 313 g/mol. The van der Waals surface area contributed by atoms with Gasteiger partial charge in [0.2, 0.25) is 0 Å². The lowest BCUT2D eigenvalue weighted by atomic mass is 10.2. The molecular weight excluding hydrogens is 294 g/mol. The van der Waals surface area contributed by atoms with Crippen LogP contribution in [0.15, 0.2) is 48.5 Å². The number of aldehydes is 1. The van der Waals surface area contributed by atoms with Gasteiger partial charge in [-0.05, 0) is 29.8 Å². The maximum atomic E-state index is 12.1. The van der Waals surface area contributed by atoms with Crippen LogP contribution >= 0.6 is 0 Å². The van der Waals surface area contributed by atoms with Crippen molar-refractivity contribution >= 4 is 12.2 Å². The summed E-state index contributed by atoms with van der Waals surface area (Å²) < 4.78 is 10.6. The van der Waals surface area contributed by atoms with Gasteiger partial charge >= 0.3 is 0 Å². The van der Waals surface area contributed by atoms with Crippen LogP contribution in [0.3, 0.4) is 0 Å². The topological polar surface area (TPSA) is 55.8 Å². The Balaban J connectivity index is 1.90. The molecule has 0 N–H and O–H groups in total. The molecule has 0 aliphatic rings. The first-order valence-corrected chi connectivity index (χ1v) is 7.17. The van der Waals surface area contributed by atoms with Crippen LogP contribution in [0.25, 0.3) is 0 Å². The third-order valence-electron chi connectivity index (χ3n) is 3.34. The molecule has 0 atom stereocenters. The molecule has 5 nitrogen and oxygen atoms in total. The molecule has 0 unspecified atom stereocenters. The first-order chi connectivity index (χ1) is 11.1. The molecular formula is C18H19NO4. The molecule has 0 aliphatic carbocycles. The van der Waals surface area contributed by atoms with E-state index in [1.165, 1.54) is 0 Å². The highest BCUT2D eigenvalue weighted by Gasteiger charge is 2.11. The molecule has 0 heterocycles. The Morgan fingerprint density at radius 3 is 2.61 bits per heavy atom. The summed E-state index contributed by atoms with van der Waals surface area (Å²) in [6, 6.07) is 14.3. The fraction of sp³-hybridized carbons (Fsp3) is 0.222. The summed E-state index contributed by atoms with van der Waals surface area (Å²) in [5, 5.41) is 0. The van der Waals surface area contributed by atoms with Gasteiger partial charge in [-0.2, -0.15) is 0 Å². The zero-order valence-corrected chi connectivity index (χ0v) is 13.2. The van der Waals surface area contributed by atoms with Crippen molar-refractivity contribution in [3.05, 3.63) is 59.7 Å². The summed E-state index contributed by atoms with van der Waals surface area (Å²) in [6.45, 7) is 0.385. The SMILES string of the molecule is COc1cccc(CN(C)C(=O)COc2cccc(C=O)c2)c1. The molecule has 0 radical (unpaired) electrons. The Bertz CT molecular complexity index is 684. The van der Waals surface area contributed by atoms with E-state index >= 15 is 0 Å². The van der Waals surface area contributed by atoms with E-state index in [1.807, 2.05) is 24.3 Å². The van der Waals surface area contributed by atoms with Crippen molar-refractivity contribution in [1.82, 2.24) is 4.90 Å². The molecule has 0 spiro atoms. The number of rotatable bonds is 7. The van der Waals surface area contributed by atoms with E-state index in [4.69, 9.17) is 9.47 Å². The molecule has 0 saturated carbocycles. The van der Waals surface area contributed by atoms with E-state index in [-0.39, 0.29) is 12.5 Å². The number of benzene rings is 2. The van der Waals surface area contributed by atoms with Crippen molar-refractivity contribution in [2.45, 2.75) is 6.54 Å². The number of nitrogens with zero attached hydrogens (tertiary/aromatic N) is 1. The van der Waals surface area contributed by atoms with Gasteiger partial charge < -0.3 is 14.4 Å². The lowest BCUT2D eigenvalue weighted by Gasteiger charge is -2.18. The molecule has 23 heavy (non-hydrogen) atoms. The number of hydrogen-bond donors (Lipinski definition) is 0. The number of carbonyl (C=O) groups excluding carboxylic acids is 2. The van der Waals surface area contributed by atoms with Crippen LogP contribution in [0.4, 0.5) is 0 Å². The van der Waals surface area contributed by atoms with Crippen molar-refractivity contribution in [3.8, 4) is 11.5 Å². The largest absolute Gasteiger partial charge is 0.497 e. The van der Waals surface area contributed by atoms with E-state index in [2.05, 4.69) is 0 Å². The normalized spacial score (nSPS) is 10.0. The van der Waals surface area contributed by atoms with Crippen LogP contribution in [0.5, 0.6) is 11.5 Å². The third kappa shape index (κ3) is 4.85. The van der Waals surface area contributed by atoms with Gasteiger partial charge in [0.05, 0.1) is 7.11 Å². The molecule has 0 aliphatic heterocycles. The standard InChI is InChI=1S/C18H19NO4/c1-19(11-14-5-3-7-16(9-14)22-2)18(21)13-23-17-8-4-6-15(10-17)12-20/h3-10,12H,11,13H2,1-2H3. The van der Waals surface area contributed by atoms with Gasteiger partial charge in [0.25, 0.3) is 5.91 Å². The van der Waals surface area contributed by atoms with Crippen LogP contribution in [0, 0.1) is 0 Å². The lowest BCUT2D eigenvalue weighted by Crippen LogP contribution is -2.30. The summed E-state index contributed by atoms with van der Waals surface area (Å²) >= 11 is 0. The Kier molecular flexibility index (Phi) is 5.74. The first kappa shape index (κ1) is 16.5. The van der Waals surface area contributed by atoms with Crippen molar-refractivity contribution in [2.75, 3.05) is 20.8 Å². The smallest absolute Gasteiger partial charge is 0.260 e. The van der Waals surface area contributed by atoms with Crippen LogP contribution in [-0.4, -0.2) is 37.9 Å². The minimum Gasteiger partial charge on any atom is -0.497 e. The van der Waals surface area contributed by atoms with Gasteiger partial charge in [-0.1, -0.05) is 24.3 Å². The van der Waals surface area contributed by atoms with Crippen molar-refractivity contribution < 1.29 is 19.1 Å². The predicted octanol–water partition coefficient (Wildman–Crippen LogP) is 2.55. The second kappa shape index (κ2) is 7.98.